The fourth-order valence-electron chi connectivity index (χ4n) is 6.89. The van der Waals surface area contributed by atoms with Crippen LogP contribution < -0.4 is 0 Å². The Kier molecular flexibility index (Phi) is 7.11. The van der Waals surface area contributed by atoms with Gasteiger partial charge in [-0.05, 0) is 106 Å². The first-order valence-electron chi connectivity index (χ1n) is 11.7. The molecule has 0 unspecified atom stereocenters. The Balaban J connectivity index is 1.40. The van der Waals surface area contributed by atoms with Crippen LogP contribution in [0.5, 0.6) is 0 Å². The molecule has 140 valence electrons. The largest absolute Gasteiger partial charge is 0.0651 e. The molecule has 3 fully saturated rings. The van der Waals surface area contributed by atoms with Gasteiger partial charge in [-0.15, -0.1) is 0 Å². The molecule has 0 heteroatoms. The van der Waals surface area contributed by atoms with Gasteiger partial charge in [-0.3, -0.25) is 0 Å². The lowest BCUT2D eigenvalue weighted by molar-refractivity contribution is 0.0956. The van der Waals surface area contributed by atoms with Gasteiger partial charge in [0.2, 0.25) is 0 Å². The average molecular weight is 333 g/mol. The summed E-state index contributed by atoms with van der Waals surface area (Å²) in [6.07, 6.45) is 21.5. The molecule has 3 saturated carbocycles. The van der Waals surface area contributed by atoms with E-state index in [0.29, 0.717) is 0 Å². The maximum absolute atomic E-state index is 2.46. The van der Waals surface area contributed by atoms with Crippen molar-refractivity contribution < 1.29 is 0 Å². The normalized spacial score (nSPS) is 41.5. The Hall–Kier alpha value is 0. The maximum atomic E-state index is 2.46. The molecule has 0 aromatic heterocycles. The first kappa shape index (κ1) is 18.8. The van der Waals surface area contributed by atoms with Crippen LogP contribution in [-0.2, 0) is 0 Å². The van der Waals surface area contributed by atoms with Gasteiger partial charge in [-0.25, -0.2) is 0 Å². The molecule has 0 spiro atoms. The summed E-state index contributed by atoms with van der Waals surface area (Å²) in [5, 5.41) is 0. The molecule has 0 radical (unpaired) electrons. The molecule has 0 amide bonds. The lowest BCUT2D eigenvalue weighted by atomic mass is 9.64. The summed E-state index contributed by atoms with van der Waals surface area (Å²) in [5.74, 6) is 7.52. The second kappa shape index (κ2) is 9.09. The topological polar surface area (TPSA) is 0 Å². The summed E-state index contributed by atoms with van der Waals surface area (Å²) in [7, 11) is 0. The molecule has 0 heterocycles. The lowest BCUT2D eigenvalue weighted by Gasteiger charge is -2.42. The van der Waals surface area contributed by atoms with E-state index in [1.54, 1.807) is 64.2 Å². The molecule has 3 aliphatic rings. The molecule has 0 saturated heterocycles. The van der Waals surface area contributed by atoms with Crippen molar-refractivity contribution >= 4 is 0 Å². The van der Waals surface area contributed by atoms with Gasteiger partial charge in [0.25, 0.3) is 0 Å². The van der Waals surface area contributed by atoms with Crippen molar-refractivity contribution in [3.05, 3.63) is 0 Å². The first-order chi connectivity index (χ1) is 11.7. The van der Waals surface area contributed by atoms with Crippen LogP contribution in [0, 0.1) is 41.4 Å². The van der Waals surface area contributed by atoms with Gasteiger partial charge in [0.15, 0.2) is 0 Å². The van der Waals surface area contributed by atoms with Crippen LogP contribution in [0.3, 0.4) is 0 Å². The van der Waals surface area contributed by atoms with E-state index in [2.05, 4.69) is 20.8 Å². The predicted molar refractivity (Wildman–Crippen MR) is 106 cm³/mol. The molecule has 3 rings (SSSR count). The van der Waals surface area contributed by atoms with Crippen LogP contribution in [-0.4, -0.2) is 0 Å². The second-order valence-electron chi connectivity index (χ2n) is 9.95. The van der Waals surface area contributed by atoms with Crippen molar-refractivity contribution in [3.63, 3.8) is 0 Å². The van der Waals surface area contributed by atoms with E-state index >= 15 is 0 Å². The van der Waals surface area contributed by atoms with Gasteiger partial charge in [-0.1, -0.05) is 46.5 Å². The third kappa shape index (κ3) is 4.59. The fourth-order valence-corrected chi connectivity index (χ4v) is 6.89. The van der Waals surface area contributed by atoms with Crippen LogP contribution in [0.15, 0.2) is 0 Å². The summed E-state index contributed by atoms with van der Waals surface area (Å²) < 4.78 is 0. The summed E-state index contributed by atoms with van der Waals surface area (Å²) >= 11 is 0. The SMILES string of the molecule is CCC(CC)C1CCC(C2CCC(C3CCC(C)CC3)CC2)CC1. The van der Waals surface area contributed by atoms with Gasteiger partial charge < -0.3 is 0 Å². The van der Waals surface area contributed by atoms with Gasteiger partial charge in [0.05, 0.1) is 0 Å². The van der Waals surface area contributed by atoms with Gasteiger partial charge >= 0.3 is 0 Å². The van der Waals surface area contributed by atoms with Crippen molar-refractivity contribution in [3.8, 4) is 0 Å². The minimum absolute atomic E-state index is 1.02. The van der Waals surface area contributed by atoms with E-state index in [4.69, 9.17) is 0 Å². The average Bonchev–Trinajstić information content (AvgIpc) is 2.64. The van der Waals surface area contributed by atoms with E-state index in [9.17, 15) is 0 Å². The highest BCUT2D eigenvalue weighted by molar-refractivity contribution is 4.86. The minimum atomic E-state index is 1.02. The summed E-state index contributed by atoms with van der Waals surface area (Å²) in [5.41, 5.74) is 0. The Morgan fingerprint density at radius 2 is 0.875 bits per heavy atom. The summed E-state index contributed by atoms with van der Waals surface area (Å²) in [4.78, 5) is 0. The molecule has 0 aliphatic heterocycles. The third-order valence-electron chi connectivity index (χ3n) is 8.74. The zero-order valence-corrected chi connectivity index (χ0v) is 16.9. The molecule has 0 atom stereocenters. The Morgan fingerprint density at radius 3 is 1.25 bits per heavy atom. The monoisotopic (exact) mass is 332 g/mol. The van der Waals surface area contributed by atoms with Crippen LogP contribution in [0.4, 0.5) is 0 Å². The van der Waals surface area contributed by atoms with E-state index in [1.165, 1.54) is 25.7 Å². The van der Waals surface area contributed by atoms with Gasteiger partial charge in [0, 0.05) is 0 Å². The molecular formula is C24H44. The smallest absolute Gasteiger partial charge is 0.0386 e. The highest BCUT2D eigenvalue weighted by atomic mass is 14.4. The zero-order chi connectivity index (χ0) is 16.9. The van der Waals surface area contributed by atoms with Gasteiger partial charge in [0.1, 0.15) is 0 Å². The number of hydrogen-bond acceptors (Lipinski definition) is 0. The Morgan fingerprint density at radius 1 is 0.542 bits per heavy atom. The van der Waals surface area contributed by atoms with Crippen molar-refractivity contribution in [1.82, 2.24) is 0 Å². The second-order valence-corrected chi connectivity index (χ2v) is 9.95. The molecular weight excluding hydrogens is 288 g/mol. The maximum Gasteiger partial charge on any atom is -0.0386 e. The number of rotatable bonds is 5. The molecule has 0 aromatic rings. The molecule has 24 heavy (non-hydrogen) atoms. The van der Waals surface area contributed by atoms with Crippen LogP contribution in [0.25, 0.3) is 0 Å². The van der Waals surface area contributed by atoms with E-state index in [-0.39, 0.29) is 0 Å². The fraction of sp³-hybridized carbons (Fsp3) is 1.00. The molecule has 0 bridgehead atoms. The summed E-state index contributed by atoms with van der Waals surface area (Å²) in [6, 6.07) is 0. The highest BCUT2D eigenvalue weighted by Gasteiger charge is 2.35. The molecule has 0 N–H and O–H groups in total. The van der Waals surface area contributed by atoms with Crippen molar-refractivity contribution in [1.29, 1.82) is 0 Å². The summed E-state index contributed by atoms with van der Waals surface area (Å²) in [6.45, 7) is 7.28. The lowest BCUT2D eigenvalue weighted by Crippen LogP contribution is -2.30. The highest BCUT2D eigenvalue weighted by Crippen LogP contribution is 2.46. The van der Waals surface area contributed by atoms with Crippen molar-refractivity contribution in [2.45, 2.75) is 111 Å². The third-order valence-corrected chi connectivity index (χ3v) is 8.74. The van der Waals surface area contributed by atoms with E-state index in [0.717, 1.165) is 41.4 Å². The molecule has 3 aliphatic carbocycles. The Labute approximate surface area is 152 Å². The van der Waals surface area contributed by atoms with Gasteiger partial charge in [-0.2, -0.15) is 0 Å². The predicted octanol–water partition coefficient (Wildman–Crippen LogP) is 7.86. The number of hydrogen-bond donors (Lipinski definition) is 0. The molecule has 0 nitrogen and oxygen atoms in total. The minimum Gasteiger partial charge on any atom is -0.0651 e. The van der Waals surface area contributed by atoms with E-state index < -0.39 is 0 Å². The first-order valence-corrected chi connectivity index (χ1v) is 11.7. The van der Waals surface area contributed by atoms with Crippen molar-refractivity contribution in [2.24, 2.45) is 41.4 Å². The van der Waals surface area contributed by atoms with Crippen LogP contribution in [0.1, 0.15) is 111 Å². The molecule has 0 aromatic carbocycles. The zero-order valence-electron chi connectivity index (χ0n) is 16.9. The van der Waals surface area contributed by atoms with Crippen LogP contribution in [0.2, 0.25) is 0 Å². The Bertz CT molecular complexity index is 331. The van der Waals surface area contributed by atoms with Crippen molar-refractivity contribution in [2.75, 3.05) is 0 Å². The standard InChI is InChI=1S/C24H44/c1-4-19(5-2)20-10-12-23(13-11-20)24-16-14-22(15-17-24)21-8-6-18(3)7-9-21/h18-24H,4-17H2,1-3H3. The van der Waals surface area contributed by atoms with Crippen LogP contribution >= 0.6 is 0 Å². The quantitative estimate of drug-likeness (QED) is 0.480. The van der Waals surface area contributed by atoms with E-state index in [1.807, 2.05) is 0 Å².